The minimum absolute atomic E-state index is 0.503. The van der Waals surface area contributed by atoms with Gasteiger partial charge in [0.2, 0.25) is 0 Å². The van der Waals surface area contributed by atoms with Crippen molar-refractivity contribution < 1.29 is 9.47 Å². The number of benzene rings is 13. The summed E-state index contributed by atoms with van der Waals surface area (Å²) >= 11 is 0. The molecule has 18 rings (SSSR count). The Bertz CT molecular complexity index is 4730. The summed E-state index contributed by atoms with van der Waals surface area (Å²) in [4.78, 5) is 2.48. The summed E-state index contributed by atoms with van der Waals surface area (Å²) in [6, 6.07) is 114. The van der Waals surface area contributed by atoms with Gasteiger partial charge in [-0.15, -0.1) is 0 Å². The first kappa shape index (κ1) is 47.0. The monoisotopic (exact) mass is 1070 g/mol. The fourth-order valence-corrected chi connectivity index (χ4v) is 15.8. The number of hydrogen-bond acceptors (Lipinski definition) is 3. The molecule has 3 nitrogen and oxygen atoms in total. The minimum Gasteiger partial charge on any atom is -0.457 e. The van der Waals surface area contributed by atoms with Crippen molar-refractivity contribution in [1.82, 2.24) is 0 Å². The lowest BCUT2D eigenvalue weighted by atomic mass is 9.66. The van der Waals surface area contributed by atoms with Crippen molar-refractivity contribution >= 4 is 17.1 Å². The Morgan fingerprint density at radius 2 is 0.536 bits per heavy atom. The van der Waals surface area contributed by atoms with E-state index in [1.807, 2.05) is 0 Å². The normalized spacial score (nSPS) is 14.7. The first-order valence-electron chi connectivity index (χ1n) is 29.1. The van der Waals surface area contributed by atoms with Crippen LogP contribution >= 0.6 is 0 Å². The minimum atomic E-state index is -0.641. The predicted octanol–water partition coefficient (Wildman–Crippen LogP) is 20.1. The van der Waals surface area contributed by atoms with E-state index in [1.165, 1.54) is 83.5 Å². The number of rotatable bonds is 6. The highest BCUT2D eigenvalue weighted by atomic mass is 16.5. The second-order valence-electron chi connectivity index (χ2n) is 22.9. The van der Waals surface area contributed by atoms with E-state index >= 15 is 0 Å². The Labute approximate surface area is 488 Å². The SMILES string of the molecule is c1ccc(C2(c3ccccc3)c3ccccc3-c3ccc(-c4ccc(N(c5ccc6c(c5)-c5ccccc5C65c6ccccc6Oc6ccccc65)c5ccc6c(c5)C5(c7ccccc7Oc7ccccc75)c5ccccc5-6)cc4)cc32)cc1. The molecule has 0 unspecified atom stereocenters. The third-order valence-electron chi connectivity index (χ3n) is 19.1. The zero-order chi connectivity index (χ0) is 55.1. The molecule has 2 spiro atoms. The standard InChI is InChI=1S/C81H51NO2/c1-3-21-54(22-4-1)79(55-23-5-2-6-24-55)65-28-10-7-25-59(65)62-46-41-53(49-73(62)79)52-39-42-56(43-40-52)82(57-45-48-68-64(50-57)61-27-9-12-30-67(61)80(68)69-31-13-17-35-75(69)83-76-36-18-14-32-70(76)80)58-44-47-63-60-26-8-11-29-66(60)81(74(63)51-58)71-33-15-19-37-77(71)84-78-38-20-16-34-72(78)81/h1-51H. The summed E-state index contributed by atoms with van der Waals surface area (Å²) < 4.78 is 13.5. The lowest BCUT2D eigenvalue weighted by Crippen LogP contribution is -2.32. The van der Waals surface area contributed by atoms with E-state index in [1.54, 1.807) is 0 Å². The first-order valence-corrected chi connectivity index (χ1v) is 29.1. The molecule has 0 fully saturated rings. The highest BCUT2D eigenvalue weighted by Crippen LogP contribution is 2.65. The van der Waals surface area contributed by atoms with Gasteiger partial charge in [0, 0.05) is 39.3 Å². The van der Waals surface area contributed by atoms with Crippen molar-refractivity contribution in [2.45, 2.75) is 16.2 Å². The number of anilines is 3. The molecular weight excluding hydrogens is 1020 g/mol. The Kier molecular flexibility index (Phi) is 9.86. The summed E-state index contributed by atoms with van der Waals surface area (Å²) in [6.45, 7) is 0. The summed E-state index contributed by atoms with van der Waals surface area (Å²) in [5, 5.41) is 0. The zero-order valence-corrected chi connectivity index (χ0v) is 45.7. The topological polar surface area (TPSA) is 21.7 Å². The lowest BCUT2D eigenvalue weighted by molar-refractivity contribution is 0.436. The van der Waals surface area contributed by atoms with E-state index in [2.05, 4.69) is 314 Å². The van der Waals surface area contributed by atoms with Crippen molar-refractivity contribution in [3.05, 3.63) is 376 Å². The summed E-state index contributed by atoms with van der Waals surface area (Å²) in [6.07, 6.45) is 0. The number of fused-ring (bicyclic) bond motifs is 21. The van der Waals surface area contributed by atoms with E-state index in [0.717, 1.165) is 67.9 Å². The maximum atomic E-state index is 6.80. The molecule has 13 aromatic carbocycles. The Balaban J connectivity index is 0.851. The van der Waals surface area contributed by atoms with E-state index in [9.17, 15) is 0 Å². The summed E-state index contributed by atoms with van der Waals surface area (Å²) in [5.41, 5.74) is 25.8. The van der Waals surface area contributed by atoms with Crippen LogP contribution < -0.4 is 14.4 Å². The van der Waals surface area contributed by atoms with Crippen molar-refractivity contribution in [2.75, 3.05) is 4.90 Å². The van der Waals surface area contributed by atoms with E-state index in [-0.39, 0.29) is 0 Å². The van der Waals surface area contributed by atoms with Gasteiger partial charge in [0.15, 0.2) is 0 Å². The number of para-hydroxylation sites is 4. The summed E-state index contributed by atoms with van der Waals surface area (Å²) in [7, 11) is 0. The van der Waals surface area contributed by atoms with Crippen LogP contribution in [-0.2, 0) is 16.2 Å². The second-order valence-corrected chi connectivity index (χ2v) is 22.9. The first-order chi connectivity index (χ1) is 41.6. The third kappa shape index (κ3) is 6.15. The average molecular weight is 1070 g/mol. The number of nitrogens with zero attached hydrogens (tertiary/aromatic N) is 1. The van der Waals surface area contributed by atoms with Crippen molar-refractivity contribution in [3.63, 3.8) is 0 Å². The van der Waals surface area contributed by atoms with Gasteiger partial charge in [0.25, 0.3) is 0 Å². The van der Waals surface area contributed by atoms with Gasteiger partial charge in [-0.25, -0.2) is 0 Å². The molecule has 0 radical (unpaired) electrons. The smallest absolute Gasteiger partial charge is 0.132 e. The van der Waals surface area contributed by atoms with Gasteiger partial charge in [-0.05, 0) is 156 Å². The molecule has 0 aromatic heterocycles. The number of hydrogen-bond donors (Lipinski definition) is 0. The van der Waals surface area contributed by atoms with Crippen LogP contribution in [0, 0.1) is 0 Å². The van der Waals surface area contributed by atoms with Gasteiger partial charge in [-0.1, -0.05) is 243 Å². The van der Waals surface area contributed by atoms with Crippen LogP contribution in [0.15, 0.2) is 309 Å². The van der Waals surface area contributed by atoms with Crippen LogP contribution in [0.4, 0.5) is 17.1 Å². The summed E-state index contributed by atoms with van der Waals surface area (Å²) in [5.74, 6) is 3.51. The molecule has 2 heterocycles. The Morgan fingerprint density at radius 1 is 0.202 bits per heavy atom. The van der Waals surface area contributed by atoms with Gasteiger partial charge in [0.1, 0.15) is 23.0 Å². The third-order valence-corrected chi connectivity index (χ3v) is 19.1. The highest BCUT2D eigenvalue weighted by molar-refractivity contribution is 5.95. The maximum Gasteiger partial charge on any atom is 0.132 e. The second kappa shape index (κ2) is 17.6. The molecule has 0 saturated heterocycles. The maximum absolute atomic E-state index is 6.80. The molecule has 3 aliphatic carbocycles. The molecule has 0 amide bonds. The highest BCUT2D eigenvalue weighted by Gasteiger charge is 2.53. The molecule has 392 valence electrons. The van der Waals surface area contributed by atoms with Gasteiger partial charge < -0.3 is 14.4 Å². The van der Waals surface area contributed by atoms with Crippen LogP contribution in [0.2, 0.25) is 0 Å². The molecular formula is C81H51NO2. The van der Waals surface area contributed by atoms with Crippen molar-refractivity contribution in [1.29, 1.82) is 0 Å². The van der Waals surface area contributed by atoms with Gasteiger partial charge in [0.05, 0.1) is 16.2 Å². The molecule has 5 aliphatic rings. The Morgan fingerprint density at radius 3 is 1.05 bits per heavy atom. The van der Waals surface area contributed by atoms with E-state index < -0.39 is 16.2 Å². The van der Waals surface area contributed by atoms with E-state index in [0.29, 0.717) is 0 Å². The van der Waals surface area contributed by atoms with Gasteiger partial charge >= 0.3 is 0 Å². The fourth-order valence-electron chi connectivity index (χ4n) is 15.8. The molecule has 84 heavy (non-hydrogen) atoms. The van der Waals surface area contributed by atoms with Gasteiger partial charge in [-0.2, -0.15) is 0 Å². The van der Waals surface area contributed by atoms with E-state index in [4.69, 9.17) is 9.47 Å². The molecule has 3 heteroatoms. The molecule has 0 atom stereocenters. The molecule has 2 aliphatic heterocycles. The van der Waals surface area contributed by atoms with Crippen LogP contribution in [0.3, 0.4) is 0 Å². The van der Waals surface area contributed by atoms with Crippen molar-refractivity contribution in [3.8, 4) is 67.5 Å². The fraction of sp³-hybridized carbons (Fsp3) is 0.0370. The lowest BCUT2D eigenvalue weighted by Gasteiger charge is -2.40. The van der Waals surface area contributed by atoms with Crippen LogP contribution in [0.5, 0.6) is 23.0 Å². The van der Waals surface area contributed by atoms with Crippen LogP contribution in [0.1, 0.15) is 66.8 Å². The quantitative estimate of drug-likeness (QED) is 0.166. The van der Waals surface area contributed by atoms with Crippen LogP contribution in [0.25, 0.3) is 44.5 Å². The Hall–Kier alpha value is -10.7. The van der Waals surface area contributed by atoms with Gasteiger partial charge in [-0.3, -0.25) is 0 Å². The van der Waals surface area contributed by atoms with Crippen LogP contribution in [-0.4, -0.2) is 0 Å². The zero-order valence-electron chi connectivity index (χ0n) is 45.7. The molecule has 0 saturated carbocycles. The molecule has 0 bridgehead atoms. The molecule has 0 N–H and O–H groups in total. The number of ether oxygens (including phenoxy) is 2. The predicted molar refractivity (Wildman–Crippen MR) is 339 cm³/mol. The average Bonchev–Trinajstić information content (AvgIpc) is 1.55. The largest absolute Gasteiger partial charge is 0.457 e. The molecule has 13 aromatic rings. The van der Waals surface area contributed by atoms with Crippen molar-refractivity contribution in [2.24, 2.45) is 0 Å².